The van der Waals surface area contributed by atoms with Crippen LogP contribution in [0.5, 0.6) is 0 Å². The summed E-state index contributed by atoms with van der Waals surface area (Å²) in [4.78, 5) is 20.3. The molecule has 0 radical (unpaired) electrons. The van der Waals surface area contributed by atoms with Crippen LogP contribution in [0.25, 0.3) is 0 Å². The van der Waals surface area contributed by atoms with Crippen LogP contribution in [0.3, 0.4) is 0 Å². The maximum Gasteiger partial charge on any atom is 0.409 e. The summed E-state index contributed by atoms with van der Waals surface area (Å²) in [6.45, 7) is 8.51. The average molecular weight is 455 g/mol. The van der Waals surface area contributed by atoms with Gasteiger partial charge in [-0.25, -0.2) is 4.79 Å². The van der Waals surface area contributed by atoms with E-state index in [2.05, 4.69) is 41.5 Å². The largest absolute Gasteiger partial charge is 0.450 e. The molecule has 142 valence electrons. The van der Waals surface area contributed by atoms with Crippen molar-refractivity contribution in [3.05, 3.63) is 0 Å². The van der Waals surface area contributed by atoms with Gasteiger partial charge in [-0.05, 0) is 53.8 Å². The SMILES string of the molecule is CCNC(=NCCCN(C)C)NC1CCN(C(=O)OCC)CC1.I. The van der Waals surface area contributed by atoms with Gasteiger partial charge < -0.3 is 25.2 Å². The Morgan fingerprint density at radius 3 is 2.50 bits per heavy atom. The van der Waals surface area contributed by atoms with Gasteiger partial charge in [0, 0.05) is 32.2 Å². The van der Waals surface area contributed by atoms with Gasteiger partial charge in [0.15, 0.2) is 5.96 Å². The third-order valence-corrected chi connectivity index (χ3v) is 3.74. The molecule has 0 saturated carbocycles. The van der Waals surface area contributed by atoms with Crippen molar-refractivity contribution < 1.29 is 9.53 Å². The molecule has 1 saturated heterocycles. The standard InChI is InChI=1S/C16H33N5O2.HI/c1-5-17-15(18-10-7-11-20(3)4)19-14-8-12-21(13-9-14)16(22)23-6-2;/h14H,5-13H2,1-4H3,(H2,17,18,19);1H. The first-order valence-corrected chi connectivity index (χ1v) is 8.68. The molecule has 1 aliphatic rings. The van der Waals surface area contributed by atoms with E-state index in [0.29, 0.717) is 12.6 Å². The first-order chi connectivity index (χ1) is 11.1. The molecule has 1 heterocycles. The molecule has 1 aliphatic heterocycles. The Morgan fingerprint density at radius 1 is 1.29 bits per heavy atom. The van der Waals surface area contributed by atoms with Crippen LogP contribution in [-0.4, -0.2) is 81.3 Å². The summed E-state index contributed by atoms with van der Waals surface area (Å²) in [7, 11) is 4.15. The van der Waals surface area contributed by atoms with E-state index in [1.165, 1.54) is 0 Å². The minimum absolute atomic E-state index is 0. The lowest BCUT2D eigenvalue weighted by Gasteiger charge is -2.32. The van der Waals surface area contributed by atoms with Crippen LogP contribution in [0, 0.1) is 0 Å². The molecule has 1 rings (SSSR count). The summed E-state index contributed by atoms with van der Waals surface area (Å²) in [5.41, 5.74) is 0. The van der Waals surface area contributed by atoms with Gasteiger partial charge in [-0.2, -0.15) is 0 Å². The number of nitrogens with zero attached hydrogens (tertiary/aromatic N) is 3. The summed E-state index contributed by atoms with van der Waals surface area (Å²) < 4.78 is 5.05. The molecule has 0 aromatic carbocycles. The molecule has 24 heavy (non-hydrogen) atoms. The topological polar surface area (TPSA) is 69.2 Å². The van der Waals surface area contributed by atoms with E-state index in [0.717, 1.165) is 57.9 Å². The van der Waals surface area contributed by atoms with Crippen molar-refractivity contribution in [3.63, 3.8) is 0 Å². The molecule has 2 N–H and O–H groups in total. The summed E-state index contributed by atoms with van der Waals surface area (Å²) in [5, 5.41) is 6.78. The van der Waals surface area contributed by atoms with Gasteiger partial charge in [0.05, 0.1) is 6.61 Å². The number of hydrogen-bond donors (Lipinski definition) is 2. The minimum Gasteiger partial charge on any atom is -0.450 e. The number of likely N-dealkylation sites (tertiary alicyclic amines) is 1. The van der Waals surface area contributed by atoms with Crippen LogP contribution < -0.4 is 10.6 Å². The predicted molar refractivity (Wildman–Crippen MR) is 109 cm³/mol. The zero-order valence-electron chi connectivity index (χ0n) is 15.5. The molecule has 0 atom stereocenters. The predicted octanol–water partition coefficient (Wildman–Crippen LogP) is 1.73. The summed E-state index contributed by atoms with van der Waals surface area (Å²) in [6, 6.07) is 0.354. The van der Waals surface area contributed by atoms with E-state index in [-0.39, 0.29) is 30.1 Å². The molecule has 0 unspecified atom stereocenters. The smallest absolute Gasteiger partial charge is 0.409 e. The van der Waals surface area contributed by atoms with Crippen LogP contribution in [0.2, 0.25) is 0 Å². The highest BCUT2D eigenvalue weighted by Crippen LogP contribution is 2.11. The first-order valence-electron chi connectivity index (χ1n) is 8.68. The molecule has 0 aromatic rings. The van der Waals surface area contributed by atoms with Gasteiger partial charge in [0.1, 0.15) is 0 Å². The number of carbonyl (C=O) groups excluding carboxylic acids is 1. The monoisotopic (exact) mass is 455 g/mol. The number of carbonyl (C=O) groups is 1. The van der Waals surface area contributed by atoms with Crippen LogP contribution in [0.15, 0.2) is 4.99 Å². The molecule has 0 aliphatic carbocycles. The normalized spacial score (nSPS) is 15.9. The van der Waals surface area contributed by atoms with Crippen molar-refractivity contribution in [3.8, 4) is 0 Å². The second-order valence-electron chi connectivity index (χ2n) is 6.02. The zero-order valence-corrected chi connectivity index (χ0v) is 17.8. The van der Waals surface area contributed by atoms with E-state index in [4.69, 9.17) is 4.74 Å². The molecule has 0 aromatic heterocycles. The number of amides is 1. The molecule has 8 heteroatoms. The van der Waals surface area contributed by atoms with Crippen LogP contribution >= 0.6 is 24.0 Å². The number of hydrogen-bond acceptors (Lipinski definition) is 4. The second-order valence-corrected chi connectivity index (χ2v) is 6.02. The Morgan fingerprint density at radius 2 is 1.96 bits per heavy atom. The fourth-order valence-electron chi connectivity index (χ4n) is 2.51. The summed E-state index contributed by atoms with van der Waals surface area (Å²) in [6.07, 6.45) is 2.68. The van der Waals surface area contributed by atoms with Gasteiger partial charge in [-0.15, -0.1) is 24.0 Å². The second kappa shape index (κ2) is 13.5. The van der Waals surface area contributed by atoms with Crippen LogP contribution in [-0.2, 0) is 4.74 Å². The van der Waals surface area contributed by atoms with Gasteiger partial charge in [0.25, 0.3) is 0 Å². The Bertz CT molecular complexity index is 371. The molecule has 0 bridgehead atoms. The maximum atomic E-state index is 11.7. The number of ether oxygens (including phenoxy) is 1. The number of guanidine groups is 1. The number of piperidine rings is 1. The van der Waals surface area contributed by atoms with Gasteiger partial charge >= 0.3 is 6.09 Å². The molecular weight excluding hydrogens is 421 g/mol. The fourth-order valence-corrected chi connectivity index (χ4v) is 2.51. The summed E-state index contributed by atoms with van der Waals surface area (Å²) in [5.74, 6) is 0.876. The van der Waals surface area contributed by atoms with Gasteiger partial charge in [-0.3, -0.25) is 4.99 Å². The Labute approximate surface area is 163 Å². The highest BCUT2D eigenvalue weighted by Gasteiger charge is 2.23. The van der Waals surface area contributed by atoms with E-state index in [1.807, 2.05) is 6.92 Å². The first kappa shape index (κ1) is 23.2. The Kier molecular flexibility index (Phi) is 13.1. The van der Waals surface area contributed by atoms with E-state index in [1.54, 1.807) is 4.90 Å². The van der Waals surface area contributed by atoms with E-state index < -0.39 is 0 Å². The van der Waals surface area contributed by atoms with E-state index in [9.17, 15) is 4.79 Å². The highest BCUT2D eigenvalue weighted by molar-refractivity contribution is 14.0. The Balaban J connectivity index is 0.00000529. The van der Waals surface area contributed by atoms with Crippen molar-refractivity contribution in [2.45, 2.75) is 39.2 Å². The van der Waals surface area contributed by atoms with Crippen molar-refractivity contribution in [2.24, 2.45) is 4.99 Å². The van der Waals surface area contributed by atoms with Crippen LogP contribution in [0.4, 0.5) is 4.79 Å². The molecule has 1 fully saturated rings. The molecular formula is C16H34IN5O2. The minimum atomic E-state index is -0.199. The molecule has 7 nitrogen and oxygen atoms in total. The third kappa shape index (κ3) is 9.51. The van der Waals surface area contributed by atoms with Crippen LogP contribution in [0.1, 0.15) is 33.1 Å². The third-order valence-electron chi connectivity index (χ3n) is 3.74. The van der Waals surface area contributed by atoms with Crippen molar-refractivity contribution in [1.82, 2.24) is 20.4 Å². The van der Waals surface area contributed by atoms with Crippen molar-refractivity contribution in [1.29, 1.82) is 0 Å². The number of rotatable bonds is 7. The quantitative estimate of drug-likeness (QED) is 0.265. The lowest BCUT2D eigenvalue weighted by molar-refractivity contribution is 0.0963. The number of halogens is 1. The van der Waals surface area contributed by atoms with Gasteiger partial charge in [0.2, 0.25) is 0 Å². The Hall–Kier alpha value is -0.770. The lowest BCUT2D eigenvalue weighted by Crippen LogP contribution is -2.50. The van der Waals surface area contributed by atoms with Gasteiger partial charge in [-0.1, -0.05) is 0 Å². The zero-order chi connectivity index (χ0) is 17.1. The average Bonchev–Trinajstić information content (AvgIpc) is 2.52. The fraction of sp³-hybridized carbons (Fsp3) is 0.875. The molecule has 1 amide bonds. The summed E-state index contributed by atoms with van der Waals surface area (Å²) >= 11 is 0. The van der Waals surface area contributed by atoms with Crippen molar-refractivity contribution in [2.75, 3.05) is 53.4 Å². The lowest BCUT2D eigenvalue weighted by atomic mass is 10.1. The number of nitrogens with one attached hydrogen (secondary N) is 2. The number of aliphatic imine (C=N–C) groups is 1. The van der Waals surface area contributed by atoms with E-state index >= 15 is 0 Å². The highest BCUT2D eigenvalue weighted by atomic mass is 127. The molecule has 0 spiro atoms. The maximum absolute atomic E-state index is 11.7. The van der Waals surface area contributed by atoms with Crippen molar-refractivity contribution >= 4 is 36.0 Å².